The smallest absolute Gasteiger partial charge is 0.349 e. The van der Waals surface area contributed by atoms with E-state index in [1.54, 1.807) is 12.3 Å². The Balaban J connectivity index is 1.58. The zero-order chi connectivity index (χ0) is 18.7. The third-order valence-corrected chi connectivity index (χ3v) is 3.83. The van der Waals surface area contributed by atoms with Crippen LogP contribution in [0, 0.1) is 0 Å². The maximum absolute atomic E-state index is 12.6. The highest BCUT2D eigenvalue weighted by molar-refractivity contribution is 5.90. The summed E-state index contributed by atoms with van der Waals surface area (Å²) in [6.07, 6.45) is 0.985. The lowest BCUT2D eigenvalue weighted by molar-refractivity contribution is -0.141. The standard InChI is InChI=1S/C15H16F3N7O/c1-2-10(24-9-5-11(22-24)15(16,17)18)4-7-19-13(26)12-21-14-20-6-3-8-25(14)23-12/h3,5-6,8-10H,2,4,7H2,1H3,(H,19,26)/t10-/m1/s1. The number of carbonyl (C=O) groups excluding carboxylic acids is 1. The predicted octanol–water partition coefficient (Wildman–Crippen LogP) is 2.11. The van der Waals surface area contributed by atoms with Crippen molar-refractivity contribution >= 4 is 11.7 Å². The molecule has 0 unspecified atom stereocenters. The molecule has 0 fully saturated rings. The Morgan fingerprint density at radius 3 is 2.77 bits per heavy atom. The van der Waals surface area contributed by atoms with Gasteiger partial charge < -0.3 is 5.32 Å². The van der Waals surface area contributed by atoms with Crippen molar-refractivity contribution in [3.63, 3.8) is 0 Å². The van der Waals surface area contributed by atoms with Crippen molar-refractivity contribution in [3.8, 4) is 0 Å². The molecule has 1 atom stereocenters. The van der Waals surface area contributed by atoms with E-state index < -0.39 is 17.8 Å². The van der Waals surface area contributed by atoms with Crippen LogP contribution in [0.3, 0.4) is 0 Å². The summed E-state index contributed by atoms with van der Waals surface area (Å²) in [5.74, 6) is -0.183. The third-order valence-electron chi connectivity index (χ3n) is 3.83. The molecule has 11 heteroatoms. The first kappa shape index (κ1) is 17.8. The number of hydrogen-bond donors (Lipinski definition) is 1. The van der Waals surface area contributed by atoms with E-state index in [-0.39, 0.29) is 18.4 Å². The van der Waals surface area contributed by atoms with Crippen LogP contribution < -0.4 is 5.32 Å². The molecule has 0 spiro atoms. The molecule has 0 saturated carbocycles. The molecule has 26 heavy (non-hydrogen) atoms. The highest BCUT2D eigenvalue weighted by Crippen LogP contribution is 2.28. The Morgan fingerprint density at radius 2 is 2.12 bits per heavy atom. The molecular weight excluding hydrogens is 351 g/mol. The second-order valence-corrected chi connectivity index (χ2v) is 5.59. The van der Waals surface area contributed by atoms with Gasteiger partial charge in [-0.2, -0.15) is 23.3 Å². The van der Waals surface area contributed by atoms with Crippen LogP contribution in [0.15, 0.2) is 30.7 Å². The molecule has 0 aliphatic carbocycles. The minimum absolute atomic E-state index is 0.0183. The van der Waals surface area contributed by atoms with Gasteiger partial charge in [-0.3, -0.25) is 9.48 Å². The summed E-state index contributed by atoms with van der Waals surface area (Å²) in [6.45, 7) is 2.10. The largest absolute Gasteiger partial charge is 0.435 e. The molecule has 0 aliphatic rings. The molecule has 3 aromatic heterocycles. The molecule has 0 saturated heterocycles. The maximum atomic E-state index is 12.6. The quantitative estimate of drug-likeness (QED) is 0.721. The van der Waals surface area contributed by atoms with Gasteiger partial charge in [0.05, 0.1) is 6.04 Å². The van der Waals surface area contributed by atoms with Gasteiger partial charge in [-0.15, -0.1) is 5.10 Å². The predicted molar refractivity (Wildman–Crippen MR) is 84.3 cm³/mol. The monoisotopic (exact) mass is 367 g/mol. The van der Waals surface area contributed by atoms with Crippen LogP contribution in [0.2, 0.25) is 0 Å². The molecule has 0 radical (unpaired) electrons. The number of aromatic nitrogens is 6. The van der Waals surface area contributed by atoms with E-state index in [1.165, 1.54) is 21.6 Å². The van der Waals surface area contributed by atoms with Crippen molar-refractivity contribution in [3.05, 3.63) is 42.2 Å². The van der Waals surface area contributed by atoms with Crippen molar-refractivity contribution in [2.75, 3.05) is 6.54 Å². The van der Waals surface area contributed by atoms with Crippen LogP contribution in [0.25, 0.3) is 5.78 Å². The van der Waals surface area contributed by atoms with Crippen molar-refractivity contribution in [1.29, 1.82) is 0 Å². The number of hydrogen-bond acceptors (Lipinski definition) is 5. The SMILES string of the molecule is CC[C@H](CCNC(=O)c1nc2ncccn2n1)n1ccc(C(F)(F)F)n1. The van der Waals surface area contributed by atoms with E-state index in [1.807, 2.05) is 6.92 Å². The number of nitrogens with one attached hydrogen (secondary N) is 1. The van der Waals surface area contributed by atoms with Crippen LogP contribution in [0.1, 0.15) is 42.1 Å². The zero-order valence-electron chi connectivity index (χ0n) is 13.8. The summed E-state index contributed by atoms with van der Waals surface area (Å²) in [7, 11) is 0. The fourth-order valence-corrected chi connectivity index (χ4v) is 2.48. The molecule has 3 aromatic rings. The van der Waals surface area contributed by atoms with Crippen LogP contribution >= 0.6 is 0 Å². The van der Waals surface area contributed by atoms with E-state index in [9.17, 15) is 18.0 Å². The van der Waals surface area contributed by atoms with Gasteiger partial charge >= 0.3 is 6.18 Å². The topological polar surface area (TPSA) is 90.0 Å². The first-order valence-electron chi connectivity index (χ1n) is 7.96. The van der Waals surface area contributed by atoms with E-state index in [0.717, 1.165) is 6.07 Å². The number of halogens is 3. The lowest BCUT2D eigenvalue weighted by atomic mass is 10.1. The average Bonchev–Trinajstić information content (AvgIpc) is 3.25. The summed E-state index contributed by atoms with van der Waals surface area (Å²) in [6, 6.07) is 2.34. The van der Waals surface area contributed by atoms with E-state index in [0.29, 0.717) is 18.6 Å². The first-order valence-corrected chi connectivity index (χ1v) is 7.96. The van der Waals surface area contributed by atoms with Gasteiger partial charge in [-0.1, -0.05) is 6.92 Å². The van der Waals surface area contributed by atoms with Gasteiger partial charge in [-0.25, -0.2) is 9.50 Å². The Kier molecular flexibility index (Phi) is 4.87. The van der Waals surface area contributed by atoms with Crippen LogP contribution in [-0.4, -0.2) is 41.8 Å². The van der Waals surface area contributed by atoms with Crippen molar-refractivity contribution < 1.29 is 18.0 Å². The van der Waals surface area contributed by atoms with Gasteiger partial charge in [0, 0.05) is 25.1 Å². The molecule has 1 amide bonds. The van der Waals surface area contributed by atoms with Gasteiger partial charge in [0.15, 0.2) is 5.69 Å². The fraction of sp³-hybridized carbons (Fsp3) is 0.400. The van der Waals surface area contributed by atoms with E-state index in [2.05, 4.69) is 25.5 Å². The Bertz CT molecular complexity index is 869. The lowest BCUT2D eigenvalue weighted by Gasteiger charge is -2.15. The van der Waals surface area contributed by atoms with Crippen molar-refractivity contribution in [1.82, 2.24) is 34.7 Å². The fourth-order valence-electron chi connectivity index (χ4n) is 2.48. The number of fused-ring (bicyclic) bond motifs is 1. The van der Waals surface area contributed by atoms with E-state index in [4.69, 9.17) is 0 Å². The molecule has 0 aromatic carbocycles. The highest BCUT2D eigenvalue weighted by atomic mass is 19.4. The average molecular weight is 367 g/mol. The molecule has 138 valence electrons. The molecule has 3 heterocycles. The van der Waals surface area contributed by atoms with Gasteiger partial charge in [0.25, 0.3) is 11.7 Å². The molecule has 0 aliphatic heterocycles. The van der Waals surface area contributed by atoms with Crippen LogP contribution in [0.5, 0.6) is 0 Å². The normalized spacial score (nSPS) is 13.1. The Morgan fingerprint density at radius 1 is 1.31 bits per heavy atom. The molecule has 0 bridgehead atoms. The van der Waals surface area contributed by atoms with E-state index >= 15 is 0 Å². The summed E-state index contributed by atoms with van der Waals surface area (Å²) < 4.78 is 40.6. The number of amides is 1. The van der Waals surface area contributed by atoms with Gasteiger partial charge in [0.2, 0.25) is 5.82 Å². The van der Waals surface area contributed by atoms with Crippen molar-refractivity contribution in [2.45, 2.75) is 32.0 Å². The van der Waals surface area contributed by atoms with Gasteiger partial charge in [-0.05, 0) is 25.0 Å². The number of rotatable bonds is 6. The lowest BCUT2D eigenvalue weighted by Crippen LogP contribution is -2.27. The summed E-state index contributed by atoms with van der Waals surface area (Å²) in [4.78, 5) is 20.1. The Labute approximate surface area is 146 Å². The molecular formula is C15H16F3N7O. The number of carbonyl (C=O) groups is 1. The van der Waals surface area contributed by atoms with Crippen LogP contribution in [0.4, 0.5) is 13.2 Å². The van der Waals surface area contributed by atoms with Crippen LogP contribution in [-0.2, 0) is 6.18 Å². The van der Waals surface area contributed by atoms with Crippen molar-refractivity contribution in [2.24, 2.45) is 0 Å². The first-order chi connectivity index (χ1) is 12.4. The van der Waals surface area contributed by atoms with Gasteiger partial charge in [0.1, 0.15) is 0 Å². The second kappa shape index (κ2) is 7.10. The Hall–Kier alpha value is -2.98. The second-order valence-electron chi connectivity index (χ2n) is 5.59. The minimum Gasteiger partial charge on any atom is -0.349 e. The summed E-state index contributed by atoms with van der Waals surface area (Å²) in [5.41, 5.74) is -0.929. The third kappa shape index (κ3) is 3.81. The summed E-state index contributed by atoms with van der Waals surface area (Å²) >= 11 is 0. The summed E-state index contributed by atoms with van der Waals surface area (Å²) in [5, 5.41) is 10.3. The highest BCUT2D eigenvalue weighted by Gasteiger charge is 2.34. The molecule has 1 N–H and O–H groups in total. The molecule has 3 rings (SSSR count). The maximum Gasteiger partial charge on any atom is 0.435 e. The number of nitrogens with zero attached hydrogens (tertiary/aromatic N) is 6. The minimum atomic E-state index is -4.47. The zero-order valence-corrected chi connectivity index (χ0v) is 13.8. The number of alkyl halides is 3. The molecule has 8 nitrogen and oxygen atoms in total.